The predicted octanol–water partition coefficient (Wildman–Crippen LogP) is 5.88. The minimum absolute atomic E-state index is 0.0948. The number of nitrogens with zero attached hydrogens (tertiary/aromatic N) is 1. The highest BCUT2D eigenvalue weighted by molar-refractivity contribution is 5.97. The van der Waals surface area contributed by atoms with Gasteiger partial charge in [0.1, 0.15) is 17.4 Å². The van der Waals surface area contributed by atoms with Gasteiger partial charge in [0.25, 0.3) is 0 Å². The van der Waals surface area contributed by atoms with Crippen LogP contribution in [-0.4, -0.2) is 19.1 Å². The fourth-order valence-corrected chi connectivity index (χ4v) is 2.74. The number of likely N-dealkylation sites (N-methyl/N-ethyl adjacent to an activating group) is 1. The molecule has 2 aromatic rings. The number of benzene rings is 2. The second-order valence-electron chi connectivity index (χ2n) is 5.48. The first-order valence-corrected chi connectivity index (χ1v) is 8.46. The lowest BCUT2D eigenvalue weighted by Crippen LogP contribution is -2.20. The van der Waals surface area contributed by atoms with Crippen molar-refractivity contribution in [1.29, 1.82) is 0 Å². The highest BCUT2D eigenvalue weighted by Crippen LogP contribution is 2.38. The normalized spacial score (nSPS) is 13.5. The van der Waals surface area contributed by atoms with E-state index in [0.29, 0.717) is 11.4 Å². The Bertz CT molecular complexity index is 831. The van der Waals surface area contributed by atoms with Crippen molar-refractivity contribution < 1.29 is 13.5 Å². The minimum Gasteiger partial charge on any atom is -0.497 e. The Morgan fingerprint density at radius 3 is 2.08 bits per heavy atom. The molecule has 0 saturated heterocycles. The molecule has 0 aromatic heterocycles. The van der Waals surface area contributed by atoms with E-state index in [4.69, 9.17) is 4.74 Å². The molecule has 1 heterocycles. The SMILES string of the molecule is C=C1C=CC(c2ccccc2)=C(c2c(F)cc(OC)cc2F)N1C.CC. The lowest BCUT2D eigenvalue weighted by molar-refractivity contribution is 0.406. The molecule has 0 atom stereocenters. The Morgan fingerprint density at radius 1 is 0.962 bits per heavy atom. The molecule has 0 amide bonds. The summed E-state index contributed by atoms with van der Waals surface area (Å²) in [5.41, 5.74) is 2.60. The number of hydrogen-bond acceptors (Lipinski definition) is 2. The van der Waals surface area contributed by atoms with Gasteiger partial charge in [0, 0.05) is 30.5 Å². The summed E-state index contributed by atoms with van der Waals surface area (Å²) in [4.78, 5) is 1.69. The fourth-order valence-electron chi connectivity index (χ4n) is 2.74. The number of allylic oxidation sites excluding steroid dienone is 3. The molecular weight excluding hydrogens is 332 g/mol. The molecule has 3 rings (SSSR count). The fraction of sp³-hybridized carbons (Fsp3) is 0.182. The lowest BCUT2D eigenvalue weighted by Gasteiger charge is -2.30. The number of methoxy groups -OCH3 is 1. The molecule has 1 aliphatic rings. The van der Waals surface area contributed by atoms with E-state index in [1.165, 1.54) is 19.2 Å². The quantitative estimate of drug-likeness (QED) is 0.681. The largest absolute Gasteiger partial charge is 0.497 e. The van der Waals surface area contributed by atoms with Crippen molar-refractivity contribution in [2.24, 2.45) is 0 Å². The third-order valence-electron chi connectivity index (χ3n) is 4.04. The van der Waals surface area contributed by atoms with E-state index in [-0.39, 0.29) is 11.3 Å². The Kier molecular flexibility index (Phi) is 6.34. The molecule has 0 unspecified atom stereocenters. The first-order valence-electron chi connectivity index (χ1n) is 8.46. The smallest absolute Gasteiger partial charge is 0.139 e. The van der Waals surface area contributed by atoms with E-state index in [0.717, 1.165) is 11.1 Å². The number of ether oxygens (including phenoxy) is 1. The molecule has 2 nitrogen and oxygen atoms in total. The Balaban J connectivity index is 0.00000117. The Morgan fingerprint density at radius 2 is 1.54 bits per heavy atom. The van der Waals surface area contributed by atoms with Crippen molar-refractivity contribution in [3.8, 4) is 5.75 Å². The first-order chi connectivity index (χ1) is 12.5. The molecule has 0 fully saturated rings. The van der Waals surface area contributed by atoms with Gasteiger partial charge in [-0.2, -0.15) is 0 Å². The summed E-state index contributed by atoms with van der Waals surface area (Å²) in [5.74, 6) is -1.21. The summed E-state index contributed by atoms with van der Waals surface area (Å²) >= 11 is 0. The summed E-state index contributed by atoms with van der Waals surface area (Å²) in [5, 5.41) is 0. The van der Waals surface area contributed by atoms with Crippen LogP contribution >= 0.6 is 0 Å². The molecule has 2 aromatic carbocycles. The van der Waals surface area contributed by atoms with Crippen molar-refractivity contribution in [2.75, 3.05) is 14.2 Å². The van der Waals surface area contributed by atoms with Crippen LogP contribution in [0.5, 0.6) is 5.75 Å². The summed E-state index contributed by atoms with van der Waals surface area (Å²) < 4.78 is 34.2. The van der Waals surface area contributed by atoms with Crippen molar-refractivity contribution in [3.63, 3.8) is 0 Å². The molecule has 0 spiro atoms. The maximum Gasteiger partial charge on any atom is 0.139 e. The summed E-state index contributed by atoms with van der Waals surface area (Å²) in [6.07, 6.45) is 3.65. The van der Waals surface area contributed by atoms with Crippen molar-refractivity contribution in [1.82, 2.24) is 4.90 Å². The standard InChI is InChI=1S/C20H17F2NO.C2H6/c1-13-9-10-16(14-7-5-4-6-8-14)20(23(13)2)19-17(21)11-15(24-3)12-18(19)22;1-2/h4-12H,1H2,2-3H3;1-2H3. The maximum absolute atomic E-state index is 14.6. The molecule has 0 N–H and O–H groups in total. The van der Waals surface area contributed by atoms with Gasteiger partial charge in [-0.3, -0.25) is 0 Å². The molecular formula is C22H23F2NO. The van der Waals surface area contributed by atoms with Crippen LogP contribution in [0.15, 0.2) is 66.9 Å². The molecule has 4 heteroatoms. The van der Waals surface area contributed by atoms with Crippen LogP contribution in [0, 0.1) is 11.6 Å². The van der Waals surface area contributed by atoms with Crippen LogP contribution in [0.4, 0.5) is 8.78 Å². The van der Waals surface area contributed by atoms with Crippen LogP contribution in [0.25, 0.3) is 11.3 Å². The second kappa shape index (κ2) is 8.48. The van der Waals surface area contributed by atoms with Gasteiger partial charge in [0.15, 0.2) is 0 Å². The van der Waals surface area contributed by atoms with Gasteiger partial charge in [-0.25, -0.2) is 8.78 Å². The summed E-state index contributed by atoms with van der Waals surface area (Å²) in [7, 11) is 3.12. The van der Waals surface area contributed by atoms with Gasteiger partial charge in [-0.05, 0) is 11.6 Å². The highest BCUT2D eigenvalue weighted by Gasteiger charge is 2.25. The second-order valence-corrected chi connectivity index (χ2v) is 5.48. The number of hydrogen-bond donors (Lipinski definition) is 0. The summed E-state index contributed by atoms with van der Waals surface area (Å²) in [6, 6.07) is 11.8. The topological polar surface area (TPSA) is 12.5 Å². The van der Waals surface area contributed by atoms with Crippen LogP contribution in [-0.2, 0) is 0 Å². The zero-order chi connectivity index (χ0) is 19.3. The van der Waals surface area contributed by atoms with Gasteiger partial charge in [-0.1, -0.05) is 56.8 Å². The van der Waals surface area contributed by atoms with Gasteiger partial charge in [0.2, 0.25) is 0 Å². The molecule has 1 aliphatic heterocycles. The molecule has 26 heavy (non-hydrogen) atoms. The molecule has 136 valence electrons. The van der Waals surface area contributed by atoms with Crippen LogP contribution in [0.1, 0.15) is 25.0 Å². The van der Waals surface area contributed by atoms with Crippen LogP contribution in [0.3, 0.4) is 0 Å². The van der Waals surface area contributed by atoms with Gasteiger partial charge < -0.3 is 9.64 Å². The van der Waals surface area contributed by atoms with E-state index >= 15 is 0 Å². The Hall–Kier alpha value is -2.88. The van der Waals surface area contributed by atoms with Gasteiger partial charge >= 0.3 is 0 Å². The molecule has 0 bridgehead atoms. The summed E-state index contributed by atoms with van der Waals surface area (Å²) in [6.45, 7) is 7.93. The van der Waals surface area contributed by atoms with E-state index in [1.807, 2.05) is 56.3 Å². The number of halogens is 2. The van der Waals surface area contributed by atoms with E-state index in [9.17, 15) is 8.78 Å². The predicted molar refractivity (Wildman–Crippen MR) is 104 cm³/mol. The minimum atomic E-state index is -0.676. The molecule has 0 radical (unpaired) electrons. The van der Waals surface area contributed by atoms with Crippen molar-refractivity contribution >= 4 is 11.3 Å². The van der Waals surface area contributed by atoms with Crippen LogP contribution in [0.2, 0.25) is 0 Å². The average molecular weight is 355 g/mol. The molecule has 0 aliphatic carbocycles. The lowest BCUT2D eigenvalue weighted by atomic mass is 9.94. The van der Waals surface area contributed by atoms with Crippen molar-refractivity contribution in [2.45, 2.75) is 13.8 Å². The Labute approximate surface area is 153 Å². The average Bonchev–Trinajstić information content (AvgIpc) is 2.66. The van der Waals surface area contributed by atoms with Gasteiger partial charge in [0.05, 0.1) is 18.4 Å². The number of rotatable bonds is 3. The zero-order valence-electron chi connectivity index (χ0n) is 15.5. The third kappa shape index (κ3) is 3.69. The van der Waals surface area contributed by atoms with E-state index < -0.39 is 11.6 Å². The van der Waals surface area contributed by atoms with Gasteiger partial charge in [-0.15, -0.1) is 0 Å². The van der Waals surface area contributed by atoms with Crippen LogP contribution < -0.4 is 4.74 Å². The van der Waals surface area contributed by atoms with E-state index in [1.54, 1.807) is 11.9 Å². The van der Waals surface area contributed by atoms with E-state index in [2.05, 4.69) is 6.58 Å². The molecule has 0 saturated carbocycles. The maximum atomic E-state index is 14.6. The zero-order valence-corrected chi connectivity index (χ0v) is 15.5. The van der Waals surface area contributed by atoms with Crippen molar-refractivity contribution in [3.05, 3.63) is 89.7 Å². The monoisotopic (exact) mass is 355 g/mol. The third-order valence-corrected chi connectivity index (χ3v) is 4.04. The first kappa shape index (κ1) is 19.4. The highest BCUT2D eigenvalue weighted by atomic mass is 19.1.